The molecule has 20 heavy (non-hydrogen) atoms. The van der Waals surface area contributed by atoms with E-state index in [0.29, 0.717) is 5.92 Å². The van der Waals surface area contributed by atoms with Gasteiger partial charge in [-0.2, -0.15) is 0 Å². The largest absolute Gasteiger partial charge is 0.307 e. The molecule has 0 saturated heterocycles. The molecule has 3 heteroatoms. The zero-order valence-corrected chi connectivity index (χ0v) is 13.8. The second-order valence-electron chi connectivity index (χ2n) is 5.45. The number of nitrogens with zero attached hydrogens (tertiary/aromatic N) is 1. The van der Waals surface area contributed by atoms with Crippen LogP contribution in [-0.4, -0.2) is 12.0 Å². The summed E-state index contributed by atoms with van der Waals surface area (Å²) in [6.45, 7) is 8.77. The van der Waals surface area contributed by atoms with Gasteiger partial charge < -0.3 is 5.32 Å². The van der Waals surface area contributed by atoms with Crippen molar-refractivity contribution in [3.63, 3.8) is 0 Å². The SMILES string of the molecule is CCc1nc(C(NC)c2ccc(C(C)C)cc2)sc1C. The third-order valence-corrected chi connectivity index (χ3v) is 4.79. The van der Waals surface area contributed by atoms with Crippen LogP contribution in [0.5, 0.6) is 0 Å². The summed E-state index contributed by atoms with van der Waals surface area (Å²) in [6.07, 6.45) is 1.01. The number of benzene rings is 1. The fraction of sp³-hybridized carbons (Fsp3) is 0.471. The summed E-state index contributed by atoms with van der Waals surface area (Å²) in [4.78, 5) is 6.12. The van der Waals surface area contributed by atoms with E-state index < -0.39 is 0 Å². The molecule has 0 bridgehead atoms. The molecule has 1 heterocycles. The molecule has 1 N–H and O–H groups in total. The van der Waals surface area contributed by atoms with Gasteiger partial charge in [-0.05, 0) is 37.4 Å². The van der Waals surface area contributed by atoms with Crippen molar-refractivity contribution in [1.82, 2.24) is 10.3 Å². The normalized spacial score (nSPS) is 12.9. The van der Waals surface area contributed by atoms with E-state index in [0.717, 1.165) is 6.42 Å². The molecule has 0 aliphatic carbocycles. The number of hydrogen-bond acceptors (Lipinski definition) is 3. The fourth-order valence-electron chi connectivity index (χ4n) is 2.41. The standard InChI is InChI=1S/C17H24N2S/c1-6-15-12(4)20-17(19-15)16(18-5)14-9-7-13(8-10-14)11(2)3/h7-11,16,18H,6H2,1-5H3. The van der Waals surface area contributed by atoms with Gasteiger partial charge in [0.2, 0.25) is 0 Å². The van der Waals surface area contributed by atoms with Gasteiger partial charge in [0, 0.05) is 4.88 Å². The summed E-state index contributed by atoms with van der Waals surface area (Å²) >= 11 is 1.80. The van der Waals surface area contributed by atoms with Crippen molar-refractivity contribution in [1.29, 1.82) is 0 Å². The Morgan fingerprint density at radius 1 is 1.15 bits per heavy atom. The van der Waals surface area contributed by atoms with Crippen molar-refractivity contribution in [3.8, 4) is 0 Å². The summed E-state index contributed by atoms with van der Waals surface area (Å²) in [7, 11) is 2.00. The Bertz CT molecular complexity index is 555. The van der Waals surface area contributed by atoms with Crippen molar-refractivity contribution in [2.45, 2.75) is 46.1 Å². The van der Waals surface area contributed by atoms with Gasteiger partial charge in [-0.1, -0.05) is 45.0 Å². The predicted octanol–water partition coefficient (Wildman–Crippen LogP) is 4.45. The van der Waals surface area contributed by atoms with Crippen LogP contribution in [0.15, 0.2) is 24.3 Å². The molecule has 2 aromatic rings. The van der Waals surface area contributed by atoms with Crippen molar-refractivity contribution >= 4 is 11.3 Å². The van der Waals surface area contributed by atoms with Crippen LogP contribution < -0.4 is 5.32 Å². The van der Waals surface area contributed by atoms with Crippen LogP contribution in [-0.2, 0) is 6.42 Å². The molecule has 1 aromatic carbocycles. The minimum Gasteiger partial charge on any atom is -0.307 e. The van der Waals surface area contributed by atoms with Crippen molar-refractivity contribution in [3.05, 3.63) is 51.0 Å². The summed E-state index contributed by atoms with van der Waals surface area (Å²) < 4.78 is 0. The van der Waals surface area contributed by atoms with Gasteiger partial charge in [0.15, 0.2) is 0 Å². The van der Waals surface area contributed by atoms with Crippen LogP contribution in [0.1, 0.15) is 59.4 Å². The third kappa shape index (κ3) is 3.10. The Balaban J connectivity index is 2.31. The van der Waals surface area contributed by atoms with Gasteiger partial charge in [0.1, 0.15) is 5.01 Å². The van der Waals surface area contributed by atoms with Gasteiger partial charge in [0.05, 0.1) is 11.7 Å². The smallest absolute Gasteiger partial charge is 0.115 e. The number of thiazole rings is 1. The average Bonchev–Trinajstić information content (AvgIpc) is 2.81. The molecule has 1 atom stereocenters. The maximum absolute atomic E-state index is 4.79. The average molecular weight is 288 g/mol. The first-order valence-corrected chi connectivity index (χ1v) is 8.11. The van der Waals surface area contributed by atoms with E-state index >= 15 is 0 Å². The molecule has 2 nitrogen and oxygen atoms in total. The molecule has 0 amide bonds. The molecule has 1 unspecified atom stereocenters. The van der Waals surface area contributed by atoms with Gasteiger partial charge in [-0.25, -0.2) is 4.98 Å². The molecule has 0 aliphatic heterocycles. The maximum atomic E-state index is 4.79. The Labute approximate surface area is 126 Å². The van der Waals surface area contributed by atoms with Crippen LogP contribution in [0.4, 0.5) is 0 Å². The Morgan fingerprint density at radius 2 is 1.75 bits per heavy atom. The highest BCUT2D eigenvalue weighted by atomic mass is 32.1. The summed E-state index contributed by atoms with van der Waals surface area (Å²) in [5.41, 5.74) is 3.89. The molecule has 108 valence electrons. The summed E-state index contributed by atoms with van der Waals surface area (Å²) in [5.74, 6) is 0.575. The fourth-order valence-corrected chi connectivity index (χ4v) is 3.56. The van der Waals surface area contributed by atoms with Crippen LogP contribution in [0.25, 0.3) is 0 Å². The highest BCUT2D eigenvalue weighted by Gasteiger charge is 2.17. The molecular formula is C17H24N2S. The number of nitrogens with one attached hydrogen (secondary N) is 1. The van der Waals surface area contributed by atoms with Gasteiger partial charge in [-0.3, -0.25) is 0 Å². The lowest BCUT2D eigenvalue weighted by molar-refractivity contribution is 0.682. The molecule has 0 saturated carbocycles. The number of rotatable bonds is 5. The Kier molecular flexibility index (Phi) is 4.95. The molecule has 2 rings (SSSR count). The maximum Gasteiger partial charge on any atom is 0.115 e. The molecular weight excluding hydrogens is 264 g/mol. The highest BCUT2D eigenvalue weighted by Crippen LogP contribution is 2.29. The minimum absolute atomic E-state index is 0.195. The van der Waals surface area contributed by atoms with E-state index in [1.54, 1.807) is 11.3 Å². The molecule has 0 fully saturated rings. The van der Waals surface area contributed by atoms with Gasteiger partial charge in [-0.15, -0.1) is 11.3 Å². The molecule has 1 aromatic heterocycles. The van der Waals surface area contributed by atoms with Crippen LogP contribution in [0.3, 0.4) is 0 Å². The topological polar surface area (TPSA) is 24.9 Å². The van der Waals surface area contributed by atoms with Crippen molar-refractivity contribution in [2.24, 2.45) is 0 Å². The quantitative estimate of drug-likeness (QED) is 0.879. The lowest BCUT2D eigenvalue weighted by Crippen LogP contribution is -2.17. The van der Waals surface area contributed by atoms with Crippen LogP contribution in [0, 0.1) is 6.92 Å². The summed E-state index contributed by atoms with van der Waals surface area (Å²) in [5, 5.41) is 4.56. The monoisotopic (exact) mass is 288 g/mol. The zero-order valence-electron chi connectivity index (χ0n) is 13.0. The van der Waals surface area contributed by atoms with E-state index in [1.807, 2.05) is 7.05 Å². The van der Waals surface area contributed by atoms with Gasteiger partial charge in [0.25, 0.3) is 0 Å². The lowest BCUT2D eigenvalue weighted by atomic mass is 9.99. The zero-order chi connectivity index (χ0) is 14.7. The van der Waals surface area contributed by atoms with Crippen LogP contribution >= 0.6 is 11.3 Å². The van der Waals surface area contributed by atoms with Gasteiger partial charge >= 0.3 is 0 Å². The second kappa shape index (κ2) is 6.51. The van der Waals surface area contributed by atoms with E-state index in [2.05, 4.69) is 57.3 Å². The third-order valence-electron chi connectivity index (χ3n) is 3.72. The van der Waals surface area contributed by atoms with E-state index in [4.69, 9.17) is 4.98 Å². The minimum atomic E-state index is 0.195. The van der Waals surface area contributed by atoms with Crippen LogP contribution in [0.2, 0.25) is 0 Å². The predicted molar refractivity (Wildman–Crippen MR) is 87.7 cm³/mol. The van der Waals surface area contributed by atoms with E-state index in [9.17, 15) is 0 Å². The first-order chi connectivity index (χ1) is 9.56. The Hall–Kier alpha value is -1.19. The van der Waals surface area contributed by atoms with Crippen molar-refractivity contribution < 1.29 is 0 Å². The highest BCUT2D eigenvalue weighted by molar-refractivity contribution is 7.11. The van der Waals surface area contributed by atoms with E-state index in [-0.39, 0.29) is 6.04 Å². The Morgan fingerprint density at radius 3 is 2.20 bits per heavy atom. The molecule has 0 spiro atoms. The van der Waals surface area contributed by atoms with Crippen molar-refractivity contribution in [2.75, 3.05) is 7.05 Å². The lowest BCUT2D eigenvalue weighted by Gasteiger charge is -2.15. The second-order valence-corrected chi connectivity index (χ2v) is 6.69. The summed E-state index contributed by atoms with van der Waals surface area (Å²) in [6, 6.07) is 9.09. The molecule has 0 aliphatic rings. The molecule has 0 radical (unpaired) electrons. The first kappa shape index (κ1) is 15.2. The first-order valence-electron chi connectivity index (χ1n) is 7.30. The number of aromatic nitrogens is 1. The van der Waals surface area contributed by atoms with E-state index in [1.165, 1.54) is 26.7 Å². The number of hydrogen-bond donors (Lipinski definition) is 1. The number of aryl methyl sites for hydroxylation is 2.